The van der Waals surface area contributed by atoms with Gasteiger partial charge in [0.25, 0.3) is 5.91 Å². The van der Waals surface area contributed by atoms with Crippen molar-refractivity contribution >= 4 is 5.91 Å². The zero-order chi connectivity index (χ0) is 18.9. The zero-order valence-corrected chi connectivity index (χ0v) is 15.8. The largest absolute Gasteiger partial charge is 0.334 e. The molecular formula is C23H24N4O. The molecule has 5 nitrogen and oxygen atoms in total. The summed E-state index contributed by atoms with van der Waals surface area (Å²) in [5.41, 5.74) is 2.69. The van der Waals surface area contributed by atoms with E-state index in [2.05, 4.69) is 34.6 Å². The summed E-state index contributed by atoms with van der Waals surface area (Å²) in [6, 6.07) is 20.8. The molecule has 1 aliphatic heterocycles. The lowest BCUT2D eigenvalue weighted by Crippen LogP contribution is -2.35. The molecule has 1 amide bonds. The Bertz CT molecular complexity index is 914. The first-order chi connectivity index (χ1) is 13.8. The standard InChI is InChI=1S/C23H24N4O/c28-23(26-15-17-8-7-13-20(26)14-17)21-16-27(25-24-21)22(18-9-3-1-4-10-18)19-11-5-2-6-12-19/h1-6,9-12,16-17,20,22H,7-8,13-15H2/t17-,20+/m0/s1. The maximum Gasteiger partial charge on any atom is 0.276 e. The third kappa shape index (κ3) is 3.11. The van der Waals surface area contributed by atoms with Crippen molar-refractivity contribution in [2.75, 3.05) is 6.54 Å². The van der Waals surface area contributed by atoms with E-state index in [1.807, 2.05) is 52.2 Å². The molecule has 3 aromatic rings. The van der Waals surface area contributed by atoms with Crippen molar-refractivity contribution < 1.29 is 4.79 Å². The van der Waals surface area contributed by atoms with Crippen molar-refractivity contribution in [2.45, 2.75) is 37.8 Å². The Morgan fingerprint density at radius 2 is 1.64 bits per heavy atom. The van der Waals surface area contributed by atoms with Crippen LogP contribution >= 0.6 is 0 Å². The minimum absolute atomic E-state index is 0.0283. The number of hydrogen-bond acceptors (Lipinski definition) is 3. The van der Waals surface area contributed by atoms with E-state index in [-0.39, 0.29) is 11.9 Å². The van der Waals surface area contributed by atoms with Crippen molar-refractivity contribution in [3.63, 3.8) is 0 Å². The Morgan fingerprint density at radius 3 is 2.29 bits per heavy atom. The number of carbonyl (C=O) groups is 1. The van der Waals surface area contributed by atoms with Gasteiger partial charge in [-0.2, -0.15) is 0 Å². The van der Waals surface area contributed by atoms with Crippen LogP contribution in [0.1, 0.15) is 53.3 Å². The van der Waals surface area contributed by atoms with Gasteiger partial charge in [0, 0.05) is 12.6 Å². The third-order valence-electron chi connectivity index (χ3n) is 6.14. The van der Waals surface area contributed by atoms with Crippen molar-refractivity contribution in [1.29, 1.82) is 0 Å². The van der Waals surface area contributed by atoms with Gasteiger partial charge in [-0.25, -0.2) is 4.68 Å². The first kappa shape index (κ1) is 17.2. The van der Waals surface area contributed by atoms with Crippen LogP contribution in [0.2, 0.25) is 0 Å². The molecule has 2 fully saturated rings. The highest BCUT2D eigenvalue weighted by molar-refractivity contribution is 5.92. The number of carbonyl (C=O) groups excluding carboxylic acids is 1. The van der Waals surface area contributed by atoms with Gasteiger partial charge < -0.3 is 4.90 Å². The van der Waals surface area contributed by atoms with Crippen molar-refractivity contribution in [2.24, 2.45) is 5.92 Å². The Labute approximate surface area is 165 Å². The third-order valence-corrected chi connectivity index (χ3v) is 6.14. The van der Waals surface area contributed by atoms with Gasteiger partial charge in [0.05, 0.1) is 6.20 Å². The Balaban J connectivity index is 1.47. The van der Waals surface area contributed by atoms with E-state index in [1.165, 1.54) is 12.8 Å². The Kier molecular flexibility index (Phi) is 4.43. The van der Waals surface area contributed by atoms with Gasteiger partial charge in [-0.15, -0.1) is 5.10 Å². The molecule has 1 saturated heterocycles. The first-order valence-electron chi connectivity index (χ1n) is 10.1. The Hall–Kier alpha value is -2.95. The summed E-state index contributed by atoms with van der Waals surface area (Å²) in [7, 11) is 0. The maximum atomic E-state index is 13.1. The van der Waals surface area contributed by atoms with Crippen LogP contribution in [0.15, 0.2) is 66.9 Å². The predicted octanol–water partition coefficient (Wildman–Crippen LogP) is 3.93. The minimum atomic E-state index is -0.103. The first-order valence-corrected chi connectivity index (χ1v) is 10.1. The molecule has 2 aliphatic rings. The highest BCUT2D eigenvalue weighted by Crippen LogP contribution is 2.36. The monoisotopic (exact) mass is 372 g/mol. The average molecular weight is 372 g/mol. The topological polar surface area (TPSA) is 51.0 Å². The molecule has 2 heterocycles. The van der Waals surface area contributed by atoms with E-state index in [9.17, 15) is 4.79 Å². The van der Waals surface area contributed by atoms with E-state index < -0.39 is 0 Å². The summed E-state index contributed by atoms with van der Waals surface area (Å²) in [6.45, 7) is 0.872. The number of fused-ring (bicyclic) bond motifs is 2. The highest BCUT2D eigenvalue weighted by Gasteiger charge is 2.38. The zero-order valence-electron chi connectivity index (χ0n) is 15.8. The summed E-state index contributed by atoms with van der Waals surface area (Å²) in [4.78, 5) is 15.1. The molecule has 1 aromatic heterocycles. The molecule has 0 radical (unpaired) electrons. The molecule has 1 aliphatic carbocycles. The highest BCUT2D eigenvalue weighted by atomic mass is 16.2. The van der Waals surface area contributed by atoms with Gasteiger partial charge in [0.15, 0.2) is 5.69 Å². The van der Waals surface area contributed by atoms with E-state index in [4.69, 9.17) is 0 Å². The quantitative estimate of drug-likeness (QED) is 0.697. The lowest BCUT2D eigenvalue weighted by molar-refractivity contribution is 0.0727. The lowest BCUT2D eigenvalue weighted by Gasteiger charge is -2.23. The van der Waals surface area contributed by atoms with Gasteiger partial charge >= 0.3 is 0 Å². The SMILES string of the molecule is O=C(c1cn(C(c2ccccc2)c2ccccc2)nn1)N1C[C@H]2CCC[C@@H]1C2. The fraction of sp³-hybridized carbons (Fsp3) is 0.348. The normalized spacial score (nSPS) is 21.2. The second-order valence-electron chi connectivity index (χ2n) is 7.95. The van der Waals surface area contributed by atoms with Gasteiger partial charge in [-0.1, -0.05) is 72.3 Å². The molecule has 28 heavy (non-hydrogen) atoms. The number of amides is 1. The van der Waals surface area contributed by atoms with Gasteiger partial charge in [-0.05, 0) is 36.3 Å². The second kappa shape index (κ2) is 7.23. The molecular weight excluding hydrogens is 348 g/mol. The molecule has 0 spiro atoms. The van der Waals surface area contributed by atoms with Crippen LogP contribution in [0.25, 0.3) is 0 Å². The number of aromatic nitrogens is 3. The number of hydrogen-bond donors (Lipinski definition) is 0. The summed E-state index contributed by atoms with van der Waals surface area (Å²) in [5.74, 6) is 0.694. The van der Waals surface area contributed by atoms with Gasteiger partial charge in [0.2, 0.25) is 0 Å². The summed E-state index contributed by atoms with van der Waals surface area (Å²) >= 11 is 0. The summed E-state index contributed by atoms with van der Waals surface area (Å²) in [5, 5.41) is 8.63. The fourth-order valence-corrected chi connectivity index (χ4v) is 4.80. The Morgan fingerprint density at radius 1 is 0.964 bits per heavy atom. The van der Waals surface area contributed by atoms with E-state index >= 15 is 0 Å². The predicted molar refractivity (Wildman–Crippen MR) is 107 cm³/mol. The molecule has 5 rings (SSSR count). The molecule has 1 saturated carbocycles. The number of benzene rings is 2. The van der Waals surface area contributed by atoms with Crippen molar-refractivity contribution in [1.82, 2.24) is 19.9 Å². The van der Waals surface area contributed by atoms with Crippen molar-refractivity contribution in [3.05, 3.63) is 83.7 Å². The smallest absolute Gasteiger partial charge is 0.276 e. The lowest BCUT2D eigenvalue weighted by atomic mass is 9.90. The van der Waals surface area contributed by atoms with Crippen molar-refractivity contribution in [3.8, 4) is 0 Å². The van der Waals surface area contributed by atoms with Gasteiger partial charge in [0.1, 0.15) is 6.04 Å². The summed E-state index contributed by atoms with van der Waals surface area (Å²) in [6.07, 6.45) is 6.56. The number of nitrogens with zero attached hydrogens (tertiary/aromatic N) is 4. The molecule has 5 heteroatoms. The molecule has 0 N–H and O–H groups in total. The van der Waals surface area contributed by atoms with Crippen LogP contribution in [0.4, 0.5) is 0 Å². The molecule has 2 bridgehead atoms. The van der Waals surface area contributed by atoms with E-state index in [1.54, 1.807) is 0 Å². The number of likely N-dealkylation sites (tertiary alicyclic amines) is 1. The van der Waals surface area contributed by atoms with E-state index in [0.717, 1.165) is 30.5 Å². The van der Waals surface area contributed by atoms with Crippen LogP contribution in [-0.2, 0) is 0 Å². The van der Waals surface area contributed by atoms with Crippen LogP contribution in [-0.4, -0.2) is 38.4 Å². The fourth-order valence-electron chi connectivity index (χ4n) is 4.80. The van der Waals surface area contributed by atoms with Gasteiger partial charge in [-0.3, -0.25) is 4.79 Å². The van der Waals surface area contributed by atoms with E-state index in [0.29, 0.717) is 17.7 Å². The summed E-state index contributed by atoms with van der Waals surface area (Å²) < 4.78 is 1.82. The number of rotatable bonds is 4. The van der Waals surface area contributed by atoms with Crippen LogP contribution in [0.5, 0.6) is 0 Å². The molecule has 2 atom stereocenters. The minimum Gasteiger partial charge on any atom is -0.334 e. The average Bonchev–Trinajstić information content (AvgIpc) is 3.34. The second-order valence-corrected chi connectivity index (χ2v) is 7.95. The molecule has 0 unspecified atom stereocenters. The van der Waals surface area contributed by atoms with Crippen LogP contribution in [0, 0.1) is 5.92 Å². The van der Waals surface area contributed by atoms with Crippen LogP contribution in [0.3, 0.4) is 0 Å². The van der Waals surface area contributed by atoms with Crippen LogP contribution < -0.4 is 0 Å². The molecule has 142 valence electrons. The molecule has 2 aromatic carbocycles. The maximum absolute atomic E-state index is 13.1.